The highest BCUT2D eigenvalue weighted by molar-refractivity contribution is 6.62. The third kappa shape index (κ3) is 1.95. The molecule has 0 amide bonds. The van der Waals surface area contributed by atoms with E-state index in [1.807, 2.05) is 45.9 Å². The van der Waals surface area contributed by atoms with Gasteiger partial charge in [0.15, 0.2) is 0 Å². The first-order valence-corrected chi connectivity index (χ1v) is 5.59. The second-order valence-corrected chi connectivity index (χ2v) is 4.95. The lowest BCUT2D eigenvalue weighted by Gasteiger charge is -2.21. The zero-order valence-electron chi connectivity index (χ0n) is 10.3. The van der Waals surface area contributed by atoms with E-state index < -0.39 is 0 Å². The Kier molecular flexibility index (Phi) is 2.72. The Hall–Kier alpha value is -0.995. The fourth-order valence-electron chi connectivity index (χ4n) is 1.80. The van der Waals surface area contributed by atoms with Crippen LogP contribution in [0.5, 0.6) is 0 Å². The lowest BCUT2D eigenvalue weighted by Crippen LogP contribution is -2.36. The summed E-state index contributed by atoms with van der Waals surface area (Å²) in [6.07, 6.45) is 0.0818. The Morgan fingerprint density at radius 1 is 1.38 bits per heavy atom. The number of nitrogen functional groups attached to an aromatic ring is 1. The molecule has 1 saturated heterocycles. The molecule has 1 aliphatic rings. The van der Waals surface area contributed by atoms with Gasteiger partial charge in [-0.25, -0.2) is 0 Å². The summed E-state index contributed by atoms with van der Waals surface area (Å²) in [4.78, 5) is 0. The van der Waals surface area contributed by atoms with Gasteiger partial charge in [0.1, 0.15) is 0 Å². The average molecular weight is 219 g/mol. The van der Waals surface area contributed by atoms with Crippen molar-refractivity contribution in [2.24, 2.45) is 0 Å². The van der Waals surface area contributed by atoms with Crippen LogP contribution in [0.25, 0.3) is 0 Å². The van der Waals surface area contributed by atoms with Gasteiger partial charge in [-0.3, -0.25) is 0 Å². The lowest BCUT2D eigenvalue weighted by atomic mass is 9.76. The third-order valence-corrected chi connectivity index (χ3v) is 3.27. The Bertz CT molecular complexity index is 406. The maximum Gasteiger partial charge on any atom is 0.494 e. The van der Waals surface area contributed by atoms with Gasteiger partial charge in [0.2, 0.25) is 0 Å². The predicted octanol–water partition coefficient (Wildman–Crippen LogP) is 1.49. The minimum Gasteiger partial charge on any atom is -0.402 e. The highest BCUT2D eigenvalue weighted by Crippen LogP contribution is 2.27. The van der Waals surface area contributed by atoms with Crippen LogP contribution in [-0.4, -0.2) is 18.8 Å². The summed E-state index contributed by atoms with van der Waals surface area (Å²) in [6.45, 7) is 8.15. The molecule has 3 nitrogen and oxygen atoms in total. The van der Waals surface area contributed by atoms with Gasteiger partial charge in [-0.05, 0) is 45.3 Å². The smallest absolute Gasteiger partial charge is 0.402 e. The molecular weight excluding hydrogens is 201 g/mol. The number of rotatable bonds is 1. The van der Waals surface area contributed by atoms with Gasteiger partial charge < -0.3 is 15.0 Å². The van der Waals surface area contributed by atoms with Crippen LogP contribution in [0, 0.1) is 6.92 Å². The Morgan fingerprint density at radius 3 is 2.62 bits per heavy atom. The van der Waals surface area contributed by atoms with Crippen molar-refractivity contribution in [2.75, 3.05) is 5.73 Å². The molecule has 0 radical (unpaired) electrons. The van der Waals surface area contributed by atoms with Gasteiger partial charge in [0, 0.05) is 5.69 Å². The standard InChI is InChI=1S/C12H18BNO2/c1-8-5-6-10(14)7-11(8)13-15-9(2)12(3,4)16-13/h5-7,9H,14H2,1-4H3. The molecule has 0 saturated carbocycles. The third-order valence-electron chi connectivity index (χ3n) is 3.27. The summed E-state index contributed by atoms with van der Waals surface area (Å²) in [7, 11) is -0.298. The van der Waals surface area contributed by atoms with Crippen molar-refractivity contribution in [2.45, 2.75) is 39.4 Å². The average Bonchev–Trinajstić information content (AvgIpc) is 2.45. The van der Waals surface area contributed by atoms with E-state index in [2.05, 4.69) is 0 Å². The largest absolute Gasteiger partial charge is 0.494 e. The first-order valence-electron chi connectivity index (χ1n) is 5.59. The van der Waals surface area contributed by atoms with Crippen LogP contribution in [0.15, 0.2) is 18.2 Å². The second-order valence-electron chi connectivity index (χ2n) is 4.95. The molecule has 1 aliphatic heterocycles. The predicted molar refractivity (Wildman–Crippen MR) is 66.7 cm³/mol. The molecule has 2 rings (SSSR count). The van der Waals surface area contributed by atoms with E-state index in [-0.39, 0.29) is 18.8 Å². The van der Waals surface area contributed by atoms with Crippen LogP contribution < -0.4 is 11.2 Å². The molecule has 1 heterocycles. The van der Waals surface area contributed by atoms with Gasteiger partial charge >= 0.3 is 7.12 Å². The highest BCUT2D eigenvalue weighted by Gasteiger charge is 2.44. The normalized spacial score (nSPS) is 23.8. The first-order chi connectivity index (χ1) is 7.40. The number of benzene rings is 1. The van der Waals surface area contributed by atoms with Crippen molar-refractivity contribution in [3.63, 3.8) is 0 Å². The van der Waals surface area contributed by atoms with Gasteiger partial charge in [0.25, 0.3) is 0 Å². The topological polar surface area (TPSA) is 44.5 Å². The summed E-state index contributed by atoms with van der Waals surface area (Å²) >= 11 is 0. The molecule has 1 atom stereocenters. The van der Waals surface area contributed by atoms with Crippen LogP contribution in [-0.2, 0) is 9.31 Å². The summed E-state index contributed by atoms with van der Waals surface area (Å²) in [5.41, 5.74) is 8.45. The molecule has 0 aliphatic carbocycles. The van der Waals surface area contributed by atoms with Gasteiger partial charge in [-0.2, -0.15) is 0 Å². The van der Waals surface area contributed by atoms with E-state index in [1.54, 1.807) is 0 Å². The first kappa shape index (κ1) is 11.5. The summed E-state index contributed by atoms with van der Waals surface area (Å²) in [5, 5.41) is 0. The van der Waals surface area contributed by atoms with Crippen molar-refractivity contribution < 1.29 is 9.31 Å². The molecule has 86 valence electrons. The molecule has 1 aromatic rings. The number of hydrogen-bond donors (Lipinski definition) is 1. The summed E-state index contributed by atoms with van der Waals surface area (Å²) in [6, 6.07) is 5.81. The van der Waals surface area contributed by atoms with Crippen LogP contribution in [0.1, 0.15) is 26.3 Å². The summed E-state index contributed by atoms with van der Waals surface area (Å²) < 4.78 is 11.7. The number of aryl methyl sites for hydroxylation is 1. The van der Waals surface area contributed by atoms with Gasteiger partial charge in [-0.1, -0.05) is 11.6 Å². The Morgan fingerprint density at radius 2 is 2.06 bits per heavy atom. The van der Waals surface area contributed by atoms with E-state index in [9.17, 15) is 0 Å². The molecule has 1 unspecified atom stereocenters. The van der Waals surface area contributed by atoms with E-state index in [1.165, 1.54) is 0 Å². The van der Waals surface area contributed by atoms with Crippen LogP contribution in [0.3, 0.4) is 0 Å². The maximum absolute atomic E-state index is 5.91. The lowest BCUT2D eigenvalue weighted by molar-refractivity contribution is 0.0842. The fourth-order valence-corrected chi connectivity index (χ4v) is 1.80. The van der Waals surface area contributed by atoms with Gasteiger partial charge in [0.05, 0.1) is 11.7 Å². The SMILES string of the molecule is Cc1ccc(N)cc1B1OC(C)C(C)(C)O1. The van der Waals surface area contributed by atoms with Crippen molar-refractivity contribution in [3.05, 3.63) is 23.8 Å². The number of nitrogens with two attached hydrogens (primary N) is 1. The fraction of sp³-hybridized carbons (Fsp3) is 0.500. The molecule has 0 bridgehead atoms. The highest BCUT2D eigenvalue weighted by atomic mass is 16.7. The Balaban J connectivity index is 2.30. The molecule has 2 N–H and O–H groups in total. The molecule has 16 heavy (non-hydrogen) atoms. The maximum atomic E-state index is 5.91. The number of anilines is 1. The van der Waals surface area contributed by atoms with E-state index in [4.69, 9.17) is 15.0 Å². The monoisotopic (exact) mass is 219 g/mol. The molecule has 1 fully saturated rings. The van der Waals surface area contributed by atoms with Crippen molar-refractivity contribution in [3.8, 4) is 0 Å². The summed E-state index contributed by atoms with van der Waals surface area (Å²) in [5.74, 6) is 0. The molecular formula is C12H18BNO2. The molecule has 0 spiro atoms. The Labute approximate surface area is 97.1 Å². The van der Waals surface area contributed by atoms with Crippen molar-refractivity contribution in [1.29, 1.82) is 0 Å². The second kappa shape index (κ2) is 3.79. The van der Waals surface area contributed by atoms with Crippen molar-refractivity contribution in [1.82, 2.24) is 0 Å². The van der Waals surface area contributed by atoms with E-state index in [0.29, 0.717) is 0 Å². The van der Waals surface area contributed by atoms with Gasteiger partial charge in [-0.15, -0.1) is 0 Å². The minimum atomic E-state index is -0.298. The molecule has 0 aromatic heterocycles. The molecule has 4 heteroatoms. The quantitative estimate of drug-likeness (QED) is 0.574. The van der Waals surface area contributed by atoms with E-state index >= 15 is 0 Å². The van der Waals surface area contributed by atoms with Crippen LogP contribution in [0.2, 0.25) is 0 Å². The van der Waals surface area contributed by atoms with E-state index in [0.717, 1.165) is 16.7 Å². The van der Waals surface area contributed by atoms with Crippen molar-refractivity contribution >= 4 is 18.3 Å². The van der Waals surface area contributed by atoms with Crippen LogP contribution in [0.4, 0.5) is 5.69 Å². The van der Waals surface area contributed by atoms with Crippen LogP contribution >= 0.6 is 0 Å². The number of hydrogen-bond acceptors (Lipinski definition) is 3. The zero-order valence-corrected chi connectivity index (χ0v) is 10.3. The minimum absolute atomic E-state index is 0.0818. The molecule has 1 aromatic carbocycles. The zero-order chi connectivity index (χ0) is 11.9.